The van der Waals surface area contributed by atoms with Crippen molar-refractivity contribution in [2.45, 2.75) is 0 Å². The normalized spacial score (nSPS) is 12.6. The van der Waals surface area contributed by atoms with Gasteiger partial charge in [0.05, 0.1) is 10.9 Å². The van der Waals surface area contributed by atoms with Gasteiger partial charge in [0.1, 0.15) is 5.56 Å². The molecule has 3 aromatic rings. The van der Waals surface area contributed by atoms with Crippen molar-refractivity contribution >= 4 is 33.9 Å². The molecule has 2 heterocycles. The number of carboxylic acids is 2. The largest absolute Gasteiger partial charge is 0.478 e. The summed E-state index contributed by atoms with van der Waals surface area (Å²) >= 11 is 0. The molecule has 0 amide bonds. The number of benzene rings is 2. The molecule has 0 radical (unpaired) electrons. The van der Waals surface area contributed by atoms with Crippen molar-refractivity contribution in [1.82, 2.24) is 0 Å². The average molecular weight is 276 g/mol. The van der Waals surface area contributed by atoms with Crippen LogP contribution in [-0.2, 0) is 0 Å². The maximum atomic E-state index is 11.4. The molecule has 20 heavy (non-hydrogen) atoms. The predicted octanol–water partition coefficient (Wildman–Crippen LogP) is 2.26. The maximum absolute atomic E-state index is 11.4. The van der Waals surface area contributed by atoms with Gasteiger partial charge in [-0.15, -0.1) is 0 Å². The third kappa shape index (κ3) is 1.06. The molecular formula is C12H4O8. The topological polar surface area (TPSA) is 119 Å². The Morgan fingerprint density at radius 1 is 0.900 bits per heavy atom. The Balaban J connectivity index is 2.33. The summed E-state index contributed by atoms with van der Waals surface area (Å²) in [6.45, 7) is 0. The zero-order valence-electron chi connectivity index (χ0n) is 9.50. The van der Waals surface area contributed by atoms with Crippen LogP contribution in [0.4, 0.5) is 0 Å². The lowest BCUT2D eigenvalue weighted by molar-refractivity contribution is -0.0875. The van der Waals surface area contributed by atoms with Crippen molar-refractivity contribution in [3.8, 4) is 11.5 Å². The SMILES string of the molecule is O=C(O)c1ccc2c3c(c4ooc4c(C(=O)O)c13)OO2. The molecule has 8 heteroatoms. The van der Waals surface area contributed by atoms with Crippen LogP contribution >= 0.6 is 0 Å². The van der Waals surface area contributed by atoms with Gasteiger partial charge < -0.3 is 10.2 Å². The highest BCUT2D eigenvalue weighted by Crippen LogP contribution is 2.48. The summed E-state index contributed by atoms with van der Waals surface area (Å²) in [5.74, 6) is -2.26. The van der Waals surface area contributed by atoms with E-state index in [-0.39, 0.29) is 44.6 Å². The Bertz CT molecular complexity index is 913. The van der Waals surface area contributed by atoms with Crippen molar-refractivity contribution in [3.05, 3.63) is 23.3 Å². The molecule has 2 N–H and O–H groups in total. The lowest BCUT2D eigenvalue weighted by atomic mass is 9.96. The summed E-state index contributed by atoms with van der Waals surface area (Å²) in [6.07, 6.45) is 0. The summed E-state index contributed by atoms with van der Waals surface area (Å²) in [4.78, 5) is 32.6. The Morgan fingerprint density at radius 2 is 1.65 bits per heavy atom. The van der Waals surface area contributed by atoms with Gasteiger partial charge in [0.25, 0.3) is 5.58 Å². The molecule has 0 aliphatic carbocycles. The fourth-order valence-electron chi connectivity index (χ4n) is 2.33. The third-order valence-corrected chi connectivity index (χ3v) is 3.15. The van der Waals surface area contributed by atoms with E-state index in [1.165, 1.54) is 12.1 Å². The minimum Gasteiger partial charge on any atom is -0.478 e. The summed E-state index contributed by atoms with van der Waals surface area (Å²) in [5, 5.41) is 18.8. The van der Waals surface area contributed by atoms with E-state index in [9.17, 15) is 19.8 Å². The van der Waals surface area contributed by atoms with Gasteiger partial charge in [-0.2, -0.15) is 0 Å². The number of aromatic carboxylic acids is 2. The molecule has 2 aromatic carbocycles. The number of carboxylic acid groups (broad SMARTS) is 2. The second-order valence-corrected chi connectivity index (χ2v) is 4.17. The summed E-state index contributed by atoms with van der Waals surface area (Å²) in [5.41, 5.74) is -0.477. The van der Waals surface area contributed by atoms with Crippen molar-refractivity contribution in [2.24, 2.45) is 0 Å². The van der Waals surface area contributed by atoms with Gasteiger partial charge in [0.2, 0.25) is 11.3 Å². The van der Waals surface area contributed by atoms with E-state index in [1.807, 2.05) is 0 Å². The van der Waals surface area contributed by atoms with E-state index < -0.39 is 11.9 Å². The predicted molar refractivity (Wildman–Crippen MR) is 61.2 cm³/mol. The highest BCUT2D eigenvalue weighted by atomic mass is 17.2. The first-order valence-electron chi connectivity index (χ1n) is 5.42. The standard InChI is InChI=1S/C12H4O8/c13-11(14)3-1-2-4-6-5(3)7(12(15)16)9-10(20-19-9)8(6)18-17-4/h1-2H,(H,13,14)(H,15,16). The Morgan fingerprint density at radius 3 is 2.25 bits per heavy atom. The van der Waals surface area contributed by atoms with Crippen LogP contribution in [0.1, 0.15) is 20.7 Å². The Hall–Kier alpha value is -3.16. The van der Waals surface area contributed by atoms with E-state index in [0.29, 0.717) is 0 Å². The van der Waals surface area contributed by atoms with Crippen LogP contribution in [0.3, 0.4) is 0 Å². The lowest BCUT2D eigenvalue weighted by Crippen LogP contribution is -2.05. The minimum absolute atomic E-state index is 0.0166. The van der Waals surface area contributed by atoms with Gasteiger partial charge >= 0.3 is 11.9 Å². The van der Waals surface area contributed by atoms with E-state index in [2.05, 4.69) is 4.58 Å². The van der Waals surface area contributed by atoms with Crippen LogP contribution in [0.25, 0.3) is 21.9 Å². The number of hydrogen-bond acceptors (Lipinski definition) is 6. The Labute approximate surface area is 108 Å². The Kier molecular flexibility index (Phi) is 1.74. The zero-order chi connectivity index (χ0) is 14.0. The molecular weight excluding hydrogens is 272 g/mol. The van der Waals surface area contributed by atoms with Crippen molar-refractivity contribution < 1.29 is 38.7 Å². The first-order chi connectivity index (χ1) is 9.59. The van der Waals surface area contributed by atoms with Crippen molar-refractivity contribution in [2.75, 3.05) is 0 Å². The molecule has 0 saturated heterocycles. The van der Waals surface area contributed by atoms with Crippen molar-refractivity contribution in [3.63, 3.8) is 0 Å². The van der Waals surface area contributed by atoms with Gasteiger partial charge in [0.15, 0.2) is 5.75 Å². The van der Waals surface area contributed by atoms with Gasteiger partial charge in [0, 0.05) is 5.39 Å². The maximum Gasteiger partial charge on any atom is 0.340 e. The highest BCUT2D eigenvalue weighted by Gasteiger charge is 2.35. The fourth-order valence-corrected chi connectivity index (χ4v) is 2.33. The molecule has 0 saturated carbocycles. The molecule has 100 valence electrons. The van der Waals surface area contributed by atoms with Crippen LogP contribution in [0.5, 0.6) is 11.5 Å². The zero-order valence-corrected chi connectivity index (χ0v) is 9.50. The quantitative estimate of drug-likeness (QED) is 0.684. The molecule has 1 aromatic heterocycles. The van der Waals surface area contributed by atoms with Crippen LogP contribution < -0.4 is 9.78 Å². The van der Waals surface area contributed by atoms with Crippen LogP contribution in [0, 0.1) is 0 Å². The molecule has 8 nitrogen and oxygen atoms in total. The fraction of sp³-hybridized carbons (Fsp3) is 0. The lowest BCUT2D eigenvalue weighted by Gasteiger charge is -2.08. The van der Waals surface area contributed by atoms with Gasteiger partial charge in [-0.1, -0.05) is 0 Å². The van der Waals surface area contributed by atoms with E-state index in [1.54, 1.807) is 0 Å². The molecule has 0 unspecified atom stereocenters. The molecule has 0 fully saturated rings. The molecule has 0 atom stereocenters. The number of rotatable bonds is 2. The summed E-state index contributed by atoms with van der Waals surface area (Å²) < 4.78 is 9.38. The van der Waals surface area contributed by atoms with Gasteiger partial charge in [-0.25, -0.2) is 9.59 Å². The molecule has 0 spiro atoms. The highest BCUT2D eigenvalue weighted by molar-refractivity contribution is 6.23. The smallest absolute Gasteiger partial charge is 0.340 e. The molecule has 4 rings (SSSR count). The molecule has 0 bridgehead atoms. The second kappa shape index (κ2) is 3.23. The number of carbonyl (C=O) groups is 2. The number of hydrogen-bond donors (Lipinski definition) is 2. The average Bonchev–Trinajstić information content (AvgIpc) is 2.76. The first-order valence-corrected chi connectivity index (χ1v) is 5.42. The third-order valence-electron chi connectivity index (χ3n) is 3.15. The van der Waals surface area contributed by atoms with E-state index in [4.69, 9.17) is 14.4 Å². The summed E-state index contributed by atoms with van der Waals surface area (Å²) in [7, 11) is 0. The van der Waals surface area contributed by atoms with Crippen LogP contribution in [0.2, 0.25) is 0 Å². The summed E-state index contributed by atoms with van der Waals surface area (Å²) in [6, 6.07) is 2.64. The van der Waals surface area contributed by atoms with E-state index in [0.717, 1.165) is 0 Å². The van der Waals surface area contributed by atoms with Gasteiger partial charge in [-0.05, 0) is 12.1 Å². The van der Waals surface area contributed by atoms with Crippen molar-refractivity contribution in [1.29, 1.82) is 0 Å². The van der Waals surface area contributed by atoms with Crippen LogP contribution in [-0.4, -0.2) is 22.2 Å². The van der Waals surface area contributed by atoms with Crippen LogP contribution in [0.15, 0.2) is 21.3 Å². The minimum atomic E-state index is -1.33. The molecule has 1 aliphatic rings. The monoisotopic (exact) mass is 276 g/mol. The van der Waals surface area contributed by atoms with Gasteiger partial charge in [-0.3, -0.25) is 18.9 Å². The second-order valence-electron chi connectivity index (χ2n) is 4.17. The number of fused-ring (bicyclic) bond motifs is 2. The first kappa shape index (κ1) is 10.7. The van der Waals surface area contributed by atoms with E-state index >= 15 is 0 Å². The molecule has 1 aliphatic heterocycles.